The molecule has 1 unspecified atom stereocenters. The lowest BCUT2D eigenvalue weighted by Crippen LogP contribution is -2.19. The van der Waals surface area contributed by atoms with Crippen LogP contribution in [0, 0.1) is 0 Å². The number of benzene rings is 1. The van der Waals surface area contributed by atoms with Crippen LogP contribution in [-0.2, 0) is 6.42 Å². The maximum absolute atomic E-state index is 6.05. The summed E-state index contributed by atoms with van der Waals surface area (Å²) in [6.07, 6.45) is 5.90. The zero-order chi connectivity index (χ0) is 13.7. The van der Waals surface area contributed by atoms with Gasteiger partial charge in [-0.1, -0.05) is 11.6 Å². The van der Waals surface area contributed by atoms with Gasteiger partial charge < -0.3 is 10.1 Å². The predicted octanol–water partition coefficient (Wildman–Crippen LogP) is 2.64. The molecule has 0 spiro atoms. The molecular formula is C14H16ClN3O. The van der Waals surface area contributed by atoms with E-state index in [0.29, 0.717) is 5.02 Å². The smallest absolute Gasteiger partial charge is 0.122 e. The van der Waals surface area contributed by atoms with Crippen molar-refractivity contribution in [3.8, 4) is 5.75 Å². The quantitative estimate of drug-likeness (QED) is 0.913. The average molecular weight is 278 g/mol. The minimum atomic E-state index is 0.119. The number of likely N-dealkylation sites (N-methyl/N-ethyl adjacent to an activating group) is 1. The fourth-order valence-corrected chi connectivity index (χ4v) is 2.20. The third kappa shape index (κ3) is 3.43. The molecule has 1 aromatic heterocycles. The first-order valence-corrected chi connectivity index (χ1v) is 6.37. The van der Waals surface area contributed by atoms with Gasteiger partial charge in [0.1, 0.15) is 12.1 Å². The van der Waals surface area contributed by atoms with Gasteiger partial charge in [-0.3, -0.25) is 0 Å². The zero-order valence-electron chi connectivity index (χ0n) is 10.9. The standard InChI is InChI=1S/C14H16ClN3O/c1-16-13(11-7-17-9-18-8-11)6-10-5-12(15)3-4-14(10)19-2/h3-5,7-9,13,16H,6H2,1-2H3. The monoisotopic (exact) mass is 277 g/mol. The Morgan fingerprint density at radius 1 is 1.32 bits per heavy atom. The van der Waals surface area contributed by atoms with Crippen molar-refractivity contribution in [2.24, 2.45) is 0 Å². The molecule has 5 heteroatoms. The highest BCUT2D eigenvalue weighted by atomic mass is 35.5. The zero-order valence-corrected chi connectivity index (χ0v) is 11.7. The van der Waals surface area contributed by atoms with Gasteiger partial charge in [0, 0.05) is 29.0 Å². The summed E-state index contributed by atoms with van der Waals surface area (Å²) < 4.78 is 5.36. The van der Waals surface area contributed by atoms with Crippen LogP contribution in [0.2, 0.25) is 5.02 Å². The van der Waals surface area contributed by atoms with Crippen LogP contribution < -0.4 is 10.1 Å². The summed E-state index contributed by atoms with van der Waals surface area (Å²) in [5.41, 5.74) is 2.09. The van der Waals surface area contributed by atoms with E-state index in [1.54, 1.807) is 7.11 Å². The number of aromatic nitrogens is 2. The molecular weight excluding hydrogens is 262 g/mol. The van der Waals surface area contributed by atoms with Crippen molar-refractivity contribution in [1.29, 1.82) is 0 Å². The molecule has 0 aliphatic heterocycles. The Labute approximate surface area is 117 Å². The molecule has 0 radical (unpaired) electrons. The Morgan fingerprint density at radius 2 is 2.05 bits per heavy atom. The Morgan fingerprint density at radius 3 is 2.68 bits per heavy atom. The first kappa shape index (κ1) is 13.8. The molecule has 0 fully saturated rings. The molecule has 1 N–H and O–H groups in total. The summed E-state index contributed by atoms with van der Waals surface area (Å²) in [6, 6.07) is 5.75. The molecule has 1 heterocycles. The lowest BCUT2D eigenvalue weighted by Gasteiger charge is -2.17. The molecule has 0 amide bonds. The second-order valence-electron chi connectivity index (χ2n) is 4.17. The van der Waals surface area contributed by atoms with Crippen molar-refractivity contribution >= 4 is 11.6 Å². The van der Waals surface area contributed by atoms with Gasteiger partial charge in [0.15, 0.2) is 0 Å². The van der Waals surface area contributed by atoms with Crippen LogP contribution in [0.1, 0.15) is 17.2 Å². The maximum atomic E-state index is 6.05. The molecule has 100 valence electrons. The number of hydrogen-bond donors (Lipinski definition) is 1. The molecule has 2 aromatic rings. The lowest BCUT2D eigenvalue weighted by atomic mass is 10.0. The van der Waals surface area contributed by atoms with E-state index in [0.717, 1.165) is 23.3 Å². The molecule has 1 atom stereocenters. The average Bonchev–Trinajstić information content (AvgIpc) is 2.46. The number of methoxy groups -OCH3 is 1. The number of rotatable bonds is 5. The van der Waals surface area contributed by atoms with Crippen molar-refractivity contribution in [2.75, 3.05) is 14.2 Å². The number of hydrogen-bond acceptors (Lipinski definition) is 4. The predicted molar refractivity (Wildman–Crippen MR) is 75.5 cm³/mol. The Bertz CT molecular complexity index is 533. The first-order valence-electron chi connectivity index (χ1n) is 5.99. The maximum Gasteiger partial charge on any atom is 0.122 e. The molecule has 19 heavy (non-hydrogen) atoms. The molecule has 0 bridgehead atoms. The van der Waals surface area contributed by atoms with Crippen LogP contribution in [0.5, 0.6) is 5.75 Å². The van der Waals surface area contributed by atoms with Crippen molar-refractivity contribution in [3.05, 3.63) is 53.1 Å². The molecule has 0 aliphatic rings. The molecule has 1 aromatic carbocycles. The normalized spacial score (nSPS) is 12.2. The van der Waals surface area contributed by atoms with Crippen LogP contribution in [0.15, 0.2) is 36.9 Å². The minimum absolute atomic E-state index is 0.119. The van der Waals surface area contributed by atoms with Crippen LogP contribution in [-0.4, -0.2) is 24.1 Å². The Hall–Kier alpha value is -1.65. The van der Waals surface area contributed by atoms with Crippen LogP contribution in [0.4, 0.5) is 0 Å². The highest BCUT2D eigenvalue weighted by Crippen LogP contribution is 2.27. The van der Waals surface area contributed by atoms with Gasteiger partial charge in [-0.2, -0.15) is 0 Å². The fourth-order valence-electron chi connectivity index (χ4n) is 2.00. The fraction of sp³-hybridized carbons (Fsp3) is 0.286. The van der Waals surface area contributed by atoms with E-state index in [4.69, 9.17) is 16.3 Å². The third-order valence-corrected chi connectivity index (χ3v) is 3.23. The second-order valence-corrected chi connectivity index (χ2v) is 4.61. The highest BCUT2D eigenvalue weighted by Gasteiger charge is 2.14. The SMILES string of the molecule is CNC(Cc1cc(Cl)ccc1OC)c1cncnc1. The van der Waals surface area contributed by atoms with Crippen LogP contribution in [0.25, 0.3) is 0 Å². The summed E-state index contributed by atoms with van der Waals surface area (Å²) in [5, 5.41) is 3.96. The van der Waals surface area contributed by atoms with Gasteiger partial charge >= 0.3 is 0 Å². The summed E-state index contributed by atoms with van der Waals surface area (Å²) in [6.45, 7) is 0. The van der Waals surface area contributed by atoms with Gasteiger partial charge in [-0.05, 0) is 37.2 Å². The number of nitrogens with one attached hydrogen (secondary N) is 1. The van der Waals surface area contributed by atoms with E-state index in [1.807, 2.05) is 37.6 Å². The van der Waals surface area contributed by atoms with Crippen LogP contribution in [0.3, 0.4) is 0 Å². The van der Waals surface area contributed by atoms with Gasteiger partial charge in [0.2, 0.25) is 0 Å². The molecule has 0 saturated carbocycles. The number of ether oxygens (including phenoxy) is 1. The second kappa shape index (κ2) is 6.50. The Kier molecular flexibility index (Phi) is 4.71. The topological polar surface area (TPSA) is 47.0 Å². The molecule has 0 aliphatic carbocycles. The van der Waals surface area contributed by atoms with Gasteiger partial charge in [-0.25, -0.2) is 9.97 Å². The van der Waals surface area contributed by atoms with Gasteiger partial charge in [0.05, 0.1) is 7.11 Å². The molecule has 2 rings (SSSR count). The molecule has 0 saturated heterocycles. The molecule has 4 nitrogen and oxygen atoms in total. The van der Waals surface area contributed by atoms with Crippen molar-refractivity contribution in [1.82, 2.24) is 15.3 Å². The van der Waals surface area contributed by atoms with E-state index in [9.17, 15) is 0 Å². The van der Waals surface area contributed by atoms with E-state index in [1.165, 1.54) is 6.33 Å². The van der Waals surface area contributed by atoms with E-state index >= 15 is 0 Å². The van der Waals surface area contributed by atoms with Gasteiger partial charge in [-0.15, -0.1) is 0 Å². The minimum Gasteiger partial charge on any atom is -0.496 e. The number of halogens is 1. The summed E-state index contributed by atoms with van der Waals surface area (Å²) >= 11 is 6.05. The number of nitrogens with zero attached hydrogens (tertiary/aromatic N) is 2. The van der Waals surface area contributed by atoms with Crippen molar-refractivity contribution in [2.45, 2.75) is 12.5 Å². The largest absolute Gasteiger partial charge is 0.496 e. The first-order chi connectivity index (χ1) is 9.24. The van der Waals surface area contributed by atoms with Crippen LogP contribution >= 0.6 is 11.6 Å². The third-order valence-electron chi connectivity index (χ3n) is 3.00. The Balaban J connectivity index is 2.26. The van der Waals surface area contributed by atoms with E-state index in [-0.39, 0.29) is 6.04 Å². The van der Waals surface area contributed by atoms with Crippen molar-refractivity contribution < 1.29 is 4.74 Å². The summed E-state index contributed by atoms with van der Waals surface area (Å²) in [4.78, 5) is 8.09. The van der Waals surface area contributed by atoms with E-state index in [2.05, 4.69) is 15.3 Å². The highest BCUT2D eigenvalue weighted by molar-refractivity contribution is 6.30. The summed E-state index contributed by atoms with van der Waals surface area (Å²) in [7, 11) is 3.57. The van der Waals surface area contributed by atoms with E-state index < -0.39 is 0 Å². The van der Waals surface area contributed by atoms with Gasteiger partial charge in [0.25, 0.3) is 0 Å². The van der Waals surface area contributed by atoms with Crippen molar-refractivity contribution in [3.63, 3.8) is 0 Å². The summed E-state index contributed by atoms with van der Waals surface area (Å²) in [5.74, 6) is 0.835. The lowest BCUT2D eigenvalue weighted by molar-refractivity contribution is 0.406.